The predicted molar refractivity (Wildman–Crippen MR) is 130 cm³/mol. The minimum absolute atomic E-state index is 0.0959. The summed E-state index contributed by atoms with van der Waals surface area (Å²) in [5.41, 5.74) is 2.04. The summed E-state index contributed by atoms with van der Waals surface area (Å²) in [7, 11) is 0. The number of rotatable bonds is 9. The molecule has 0 spiro atoms. The van der Waals surface area contributed by atoms with Crippen LogP contribution in [0.5, 0.6) is 5.75 Å². The second-order valence-electron chi connectivity index (χ2n) is 7.33. The number of amides is 1. The Morgan fingerprint density at radius 2 is 1.61 bits per heavy atom. The molecule has 8 heteroatoms. The normalized spacial score (nSPS) is 11.8. The Kier molecular flexibility index (Phi) is 7.65. The third kappa shape index (κ3) is 6.37. The van der Waals surface area contributed by atoms with Crippen molar-refractivity contribution in [2.45, 2.75) is 30.0 Å². The van der Waals surface area contributed by atoms with E-state index in [1.807, 2.05) is 67.6 Å². The SMILES string of the molecule is CC(Sc1n[nH]c(COc2ccc(Cl)cc2)n1)C(=O)NC(c1ccccc1)c1ccccc1. The van der Waals surface area contributed by atoms with E-state index in [2.05, 4.69) is 20.5 Å². The Hall–Kier alpha value is -3.29. The number of benzene rings is 3. The molecule has 1 aromatic heterocycles. The molecule has 0 saturated heterocycles. The molecule has 6 nitrogen and oxygen atoms in total. The van der Waals surface area contributed by atoms with Crippen LogP contribution < -0.4 is 10.1 Å². The van der Waals surface area contributed by atoms with Gasteiger partial charge in [0.1, 0.15) is 12.4 Å². The Balaban J connectivity index is 1.37. The van der Waals surface area contributed by atoms with Gasteiger partial charge in [0.15, 0.2) is 5.82 Å². The summed E-state index contributed by atoms with van der Waals surface area (Å²) in [6.07, 6.45) is 0. The lowest BCUT2D eigenvalue weighted by atomic mass is 9.98. The molecule has 1 heterocycles. The molecule has 0 radical (unpaired) electrons. The molecule has 0 aliphatic carbocycles. The number of aromatic amines is 1. The van der Waals surface area contributed by atoms with Crippen molar-refractivity contribution >= 4 is 29.3 Å². The number of hydrogen-bond donors (Lipinski definition) is 2. The van der Waals surface area contributed by atoms with Gasteiger partial charge in [-0.2, -0.15) is 0 Å². The summed E-state index contributed by atoms with van der Waals surface area (Å²) in [5, 5.41) is 11.0. The van der Waals surface area contributed by atoms with E-state index in [9.17, 15) is 4.79 Å². The Morgan fingerprint density at radius 3 is 2.21 bits per heavy atom. The standard InChI is InChI=1S/C25H23ClN4O2S/c1-17(33-25-27-22(29-30-25)16-32-21-14-12-20(26)13-15-21)24(31)28-23(18-8-4-2-5-9-18)19-10-6-3-7-11-19/h2-15,17,23H,16H2,1H3,(H,28,31)(H,27,29,30). The first-order chi connectivity index (χ1) is 16.1. The average Bonchev–Trinajstić information content (AvgIpc) is 3.30. The van der Waals surface area contributed by atoms with Gasteiger partial charge in [0.25, 0.3) is 0 Å². The largest absolute Gasteiger partial charge is 0.486 e. The van der Waals surface area contributed by atoms with E-state index in [0.717, 1.165) is 11.1 Å². The van der Waals surface area contributed by atoms with E-state index >= 15 is 0 Å². The van der Waals surface area contributed by atoms with Crippen LogP contribution in [0, 0.1) is 0 Å². The summed E-state index contributed by atoms with van der Waals surface area (Å²) in [4.78, 5) is 17.4. The summed E-state index contributed by atoms with van der Waals surface area (Å²) in [5.74, 6) is 1.17. The van der Waals surface area contributed by atoms with Crippen molar-refractivity contribution in [3.8, 4) is 5.75 Å². The van der Waals surface area contributed by atoms with Crippen LogP contribution in [0.3, 0.4) is 0 Å². The fourth-order valence-electron chi connectivity index (χ4n) is 3.20. The molecule has 1 atom stereocenters. The van der Waals surface area contributed by atoms with E-state index in [0.29, 0.717) is 21.8 Å². The van der Waals surface area contributed by atoms with Crippen LogP contribution >= 0.6 is 23.4 Å². The number of aromatic nitrogens is 3. The molecule has 0 bridgehead atoms. The zero-order valence-corrected chi connectivity index (χ0v) is 19.5. The lowest BCUT2D eigenvalue weighted by molar-refractivity contribution is -0.120. The molecule has 1 amide bonds. The summed E-state index contributed by atoms with van der Waals surface area (Å²) < 4.78 is 5.68. The van der Waals surface area contributed by atoms with Crippen molar-refractivity contribution in [1.82, 2.24) is 20.5 Å². The minimum Gasteiger partial charge on any atom is -0.486 e. The number of nitrogens with one attached hydrogen (secondary N) is 2. The second kappa shape index (κ2) is 11.0. The highest BCUT2D eigenvalue weighted by Gasteiger charge is 2.22. The number of carbonyl (C=O) groups is 1. The maximum atomic E-state index is 13.0. The highest BCUT2D eigenvalue weighted by molar-refractivity contribution is 8.00. The first-order valence-electron chi connectivity index (χ1n) is 10.4. The van der Waals surface area contributed by atoms with Crippen LogP contribution in [0.4, 0.5) is 0 Å². The first kappa shape index (κ1) is 22.9. The van der Waals surface area contributed by atoms with E-state index in [4.69, 9.17) is 16.3 Å². The van der Waals surface area contributed by atoms with Gasteiger partial charge < -0.3 is 10.1 Å². The quantitative estimate of drug-likeness (QED) is 0.314. The molecule has 2 N–H and O–H groups in total. The smallest absolute Gasteiger partial charge is 0.234 e. The maximum absolute atomic E-state index is 13.0. The van der Waals surface area contributed by atoms with Crippen molar-refractivity contribution < 1.29 is 9.53 Å². The van der Waals surface area contributed by atoms with E-state index in [1.165, 1.54) is 11.8 Å². The monoisotopic (exact) mass is 478 g/mol. The fourth-order valence-corrected chi connectivity index (χ4v) is 4.08. The van der Waals surface area contributed by atoms with E-state index < -0.39 is 0 Å². The third-order valence-corrected chi connectivity index (χ3v) is 6.12. The van der Waals surface area contributed by atoms with Crippen LogP contribution in [0.2, 0.25) is 5.02 Å². The van der Waals surface area contributed by atoms with Gasteiger partial charge in [0, 0.05) is 5.02 Å². The summed E-state index contributed by atoms with van der Waals surface area (Å²) in [6.45, 7) is 2.08. The molecule has 1 unspecified atom stereocenters. The van der Waals surface area contributed by atoms with Crippen LogP contribution in [0.1, 0.15) is 29.9 Å². The molecule has 0 aliphatic rings. The molecule has 4 aromatic rings. The Morgan fingerprint density at radius 1 is 1.00 bits per heavy atom. The van der Waals surface area contributed by atoms with Crippen molar-refractivity contribution in [3.05, 3.63) is 107 Å². The third-order valence-electron chi connectivity index (χ3n) is 4.90. The number of H-pyrrole nitrogens is 1. The Labute approximate surface area is 201 Å². The van der Waals surface area contributed by atoms with Crippen molar-refractivity contribution in [3.63, 3.8) is 0 Å². The minimum atomic E-state index is -0.388. The van der Waals surface area contributed by atoms with Crippen LogP contribution in [0.25, 0.3) is 0 Å². The number of hydrogen-bond acceptors (Lipinski definition) is 5. The van der Waals surface area contributed by atoms with E-state index in [-0.39, 0.29) is 23.8 Å². The molecule has 3 aromatic carbocycles. The van der Waals surface area contributed by atoms with Gasteiger partial charge in [0.05, 0.1) is 11.3 Å². The molecular weight excluding hydrogens is 456 g/mol. The number of nitrogens with zero attached hydrogens (tertiary/aromatic N) is 2. The molecule has 0 aliphatic heterocycles. The van der Waals surface area contributed by atoms with Crippen molar-refractivity contribution in [1.29, 1.82) is 0 Å². The molecule has 4 rings (SSSR count). The zero-order valence-electron chi connectivity index (χ0n) is 17.9. The van der Waals surface area contributed by atoms with Gasteiger partial charge in [-0.15, -0.1) is 5.10 Å². The van der Waals surface area contributed by atoms with Crippen molar-refractivity contribution in [2.75, 3.05) is 0 Å². The van der Waals surface area contributed by atoms with Gasteiger partial charge in [-0.1, -0.05) is 84.0 Å². The van der Waals surface area contributed by atoms with Gasteiger partial charge >= 0.3 is 0 Å². The fraction of sp³-hybridized carbons (Fsp3) is 0.160. The number of ether oxygens (including phenoxy) is 1. The van der Waals surface area contributed by atoms with Gasteiger partial charge in [-0.25, -0.2) is 4.98 Å². The van der Waals surface area contributed by atoms with Crippen LogP contribution in [0.15, 0.2) is 90.1 Å². The molecule has 168 valence electrons. The highest BCUT2D eigenvalue weighted by Crippen LogP contribution is 2.25. The van der Waals surface area contributed by atoms with Gasteiger partial charge in [-0.05, 0) is 42.3 Å². The summed E-state index contributed by atoms with van der Waals surface area (Å²) in [6, 6.07) is 26.7. The Bertz CT molecular complexity index is 1130. The number of carbonyl (C=O) groups excluding carboxylic acids is 1. The molecule has 0 fully saturated rings. The number of thioether (sulfide) groups is 1. The first-order valence-corrected chi connectivity index (χ1v) is 11.7. The topological polar surface area (TPSA) is 79.9 Å². The molecule has 0 saturated carbocycles. The van der Waals surface area contributed by atoms with Gasteiger partial charge in [-0.3, -0.25) is 9.89 Å². The summed E-state index contributed by atoms with van der Waals surface area (Å²) >= 11 is 7.18. The molecule has 33 heavy (non-hydrogen) atoms. The van der Waals surface area contributed by atoms with E-state index in [1.54, 1.807) is 24.3 Å². The zero-order chi connectivity index (χ0) is 23.0. The predicted octanol–water partition coefficient (Wildman–Crippen LogP) is 5.42. The van der Waals surface area contributed by atoms with Crippen LogP contribution in [-0.4, -0.2) is 26.3 Å². The maximum Gasteiger partial charge on any atom is 0.234 e. The second-order valence-corrected chi connectivity index (χ2v) is 9.07. The lowest BCUT2D eigenvalue weighted by Gasteiger charge is -2.21. The van der Waals surface area contributed by atoms with Gasteiger partial charge in [0.2, 0.25) is 11.1 Å². The highest BCUT2D eigenvalue weighted by atomic mass is 35.5. The van der Waals surface area contributed by atoms with Crippen molar-refractivity contribution in [2.24, 2.45) is 0 Å². The molecular formula is C25H23ClN4O2S. The average molecular weight is 479 g/mol. The lowest BCUT2D eigenvalue weighted by Crippen LogP contribution is -2.35. The van der Waals surface area contributed by atoms with Crippen LogP contribution in [-0.2, 0) is 11.4 Å². The number of halogens is 1.